The number of hydrogen-bond donors (Lipinski definition) is 0. The molecule has 0 bridgehead atoms. The van der Waals surface area contributed by atoms with Crippen molar-refractivity contribution in [3.63, 3.8) is 0 Å². The van der Waals surface area contributed by atoms with Gasteiger partial charge in [-0.3, -0.25) is 4.79 Å². The molecule has 120 valence electrons. The molecule has 0 N–H and O–H groups in total. The summed E-state index contributed by atoms with van der Waals surface area (Å²) in [6.45, 7) is 0.411. The summed E-state index contributed by atoms with van der Waals surface area (Å²) in [4.78, 5) is 12.6. The Morgan fingerprint density at radius 1 is 1.04 bits per heavy atom. The smallest absolute Gasteiger partial charge is 0.172 e. The van der Waals surface area contributed by atoms with Crippen LogP contribution >= 0.6 is 15.9 Å². The van der Waals surface area contributed by atoms with Crippen molar-refractivity contribution in [3.8, 4) is 5.75 Å². The number of Topliss-reactive ketones (excluding diaryl/α,β-unsaturated/α-hetero) is 1. The minimum atomic E-state index is -0.0557. The molecule has 0 fully saturated rings. The van der Waals surface area contributed by atoms with Crippen molar-refractivity contribution in [3.05, 3.63) is 88.2 Å². The van der Waals surface area contributed by atoms with Crippen molar-refractivity contribution in [2.75, 3.05) is 0 Å². The standard InChI is InChI=1S/C19H15BrN2O2/c20-15-8-9-19(24-13-14-5-2-1-3-6-14)17(11-15)18(23)12-16-7-4-10-21-22-16/h1-11H,12-13H2. The van der Waals surface area contributed by atoms with Crippen LogP contribution in [0.15, 0.2) is 71.3 Å². The fourth-order valence-corrected chi connectivity index (χ4v) is 2.63. The Balaban J connectivity index is 1.79. The van der Waals surface area contributed by atoms with E-state index in [9.17, 15) is 4.79 Å². The van der Waals surface area contributed by atoms with Gasteiger partial charge in [0.05, 0.1) is 17.7 Å². The Hall–Kier alpha value is -2.53. The third kappa shape index (κ3) is 4.26. The number of ketones is 1. The third-order valence-electron chi connectivity index (χ3n) is 3.45. The van der Waals surface area contributed by atoms with E-state index >= 15 is 0 Å². The molecule has 1 aromatic heterocycles. The molecular formula is C19H15BrN2O2. The topological polar surface area (TPSA) is 52.1 Å². The molecule has 5 heteroatoms. The Morgan fingerprint density at radius 2 is 1.88 bits per heavy atom. The Labute approximate surface area is 148 Å². The van der Waals surface area contributed by atoms with E-state index in [2.05, 4.69) is 26.1 Å². The molecule has 0 aliphatic heterocycles. The number of carbonyl (C=O) groups excluding carboxylic acids is 1. The van der Waals surface area contributed by atoms with Gasteiger partial charge in [0.15, 0.2) is 5.78 Å². The highest BCUT2D eigenvalue weighted by Crippen LogP contribution is 2.25. The molecule has 0 saturated carbocycles. The second kappa shape index (κ2) is 7.84. The van der Waals surface area contributed by atoms with Gasteiger partial charge in [-0.05, 0) is 35.9 Å². The number of aromatic nitrogens is 2. The van der Waals surface area contributed by atoms with Gasteiger partial charge in [0.2, 0.25) is 0 Å². The lowest BCUT2D eigenvalue weighted by molar-refractivity contribution is 0.0987. The first-order chi connectivity index (χ1) is 11.7. The fourth-order valence-electron chi connectivity index (χ4n) is 2.27. The quantitative estimate of drug-likeness (QED) is 0.598. The molecular weight excluding hydrogens is 368 g/mol. The predicted molar refractivity (Wildman–Crippen MR) is 95.0 cm³/mol. The lowest BCUT2D eigenvalue weighted by Crippen LogP contribution is -2.08. The zero-order chi connectivity index (χ0) is 16.8. The van der Waals surface area contributed by atoms with Gasteiger partial charge < -0.3 is 4.74 Å². The predicted octanol–water partition coefficient (Wildman–Crippen LogP) is 4.24. The molecule has 0 atom stereocenters. The van der Waals surface area contributed by atoms with Crippen LogP contribution in [0.4, 0.5) is 0 Å². The number of carbonyl (C=O) groups is 1. The summed E-state index contributed by atoms with van der Waals surface area (Å²) < 4.78 is 6.69. The van der Waals surface area contributed by atoms with Crippen molar-refractivity contribution >= 4 is 21.7 Å². The molecule has 0 saturated heterocycles. The van der Waals surface area contributed by atoms with Gasteiger partial charge in [-0.25, -0.2) is 0 Å². The van der Waals surface area contributed by atoms with Gasteiger partial charge in [0, 0.05) is 10.7 Å². The first-order valence-electron chi connectivity index (χ1n) is 7.48. The molecule has 0 aliphatic rings. The van der Waals surface area contributed by atoms with E-state index < -0.39 is 0 Å². The molecule has 3 aromatic rings. The molecule has 0 spiro atoms. The molecule has 0 amide bonds. The number of nitrogens with zero attached hydrogens (tertiary/aromatic N) is 2. The SMILES string of the molecule is O=C(Cc1cccnn1)c1cc(Br)ccc1OCc1ccccc1. The van der Waals surface area contributed by atoms with Crippen molar-refractivity contribution in [1.82, 2.24) is 10.2 Å². The van der Waals surface area contributed by atoms with E-state index in [-0.39, 0.29) is 12.2 Å². The lowest BCUT2D eigenvalue weighted by atomic mass is 10.1. The summed E-state index contributed by atoms with van der Waals surface area (Å²) in [6, 6.07) is 18.8. The maximum atomic E-state index is 12.6. The second-order valence-corrected chi connectivity index (χ2v) is 6.15. The number of hydrogen-bond acceptors (Lipinski definition) is 4. The minimum Gasteiger partial charge on any atom is -0.488 e. The van der Waals surface area contributed by atoms with Crippen LogP contribution in [0.2, 0.25) is 0 Å². The van der Waals surface area contributed by atoms with Crippen LogP contribution in [-0.4, -0.2) is 16.0 Å². The van der Waals surface area contributed by atoms with Gasteiger partial charge in [-0.15, -0.1) is 0 Å². The van der Waals surface area contributed by atoms with Crippen LogP contribution in [0.25, 0.3) is 0 Å². The molecule has 0 radical (unpaired) electrons. The van der Waals surface area contributed by atoms with Crippen LogP contribution < -0.4 is 4.74 Å². The lowest BCUT2D eigenvalue weighted by Gasteiger charge is -2.11. The average Bonchev–Trinajstić information content (AvgIpc) is 2.62. The van der Waals surface area contributed by atoms with Crippen LogP contribution in [0.5, 0.6) is 5.75 Å². The van der Waals surface area contributed by atoms with Crippen LogP contribution in [-0.2, 0) is 13.0 Å². The van der Waals surface area contributed by atoms with Crippen molar-refractivity contribution in [2.24, 2.45) is 0 Å². The van der Waals surface area contributed by atoms with Crippen LogP contribution in [0.3, 0.4) is 0 Å². The molecule has 3 rings (SSSR count). The van der Waals surface area contributed by atoms with Crippen LogP contribution in [0.1, 0.15) is 21.6 Å². The Bertz CT molecular complexity index is 823. The van der Waals surface area contributed by atoms with Crippen molar-refractivity contribution < 1.29 is 9.53 Å². The molecule has 4 nitrogen and oxygen atoms in total. The Morgan fingerprint density at radius 3 is 2.62 bits per heavy atom. The average molecular weight is 383 g/mol. The summed E-state index contributed by atoms with van der Waals surface area (Å²) in [5.74, 6) is 0.510. The number of rotatable bonds is 6. The van der Waals surface area contributed by atoms with Gasteiger partial charge >= 0.3 is 0 Å². The maximum Gasteiger partial charge on any atom is 0.172 e. The van der Waals surface area contributed by atoms with Gasteiger partial charge in [-0.2, -0.15) is 10.2 Å². The fraction of sp³-hybridized carbons (Fsp3) is 0.105. The van der Waals surface area contributed by atoms with E-state index in [1.165, 1.54) is 0 Å². The summed E-state index contributed by atoms with van der Waals surface area (Å²) in [7, 11) is 0. The molecule has 0 unspecified atom stereocenters. The van der Waals surface area contributed by atoms with Gasteiger partial charge in [0.1, 0.15) is 12.4 Å². The molecule has 1 heterocycles. The highest BCUT2D eigenvalue weighted by molar-refractivity contribution is 9.10. The third-order valence-corrected chi connectivity index (χ3v) is 3.94. The maximum absolute atomic E-state index is 12.6. The van der Waals surface area contributed by atoms with E-state index in [0.29, 0.717) is 23.6 Å². The van der Waals surface area contributed by atoms with E-state index in [4.69, 9.17) is 4.74 Å². The first kappa shape index (κ1) is 16.3. The zero-order valence-electron chi connectivity index (χ0n) is 12.9. The van der Waals surface area contributed by atoms with E-state index in [1.807, 2.05) is 36.4 Å². The van der Waals surface area contributed by atoms with Crippen LogP contribution in [0, 0.1) is 0 Å². The highest BCUT2D eigenvalue weighted by Gasteiger charge is 2.15. The zero-order valence-corrected chi connectivity index (χ0v) is 14.4. The largest absolute Gasteiger partial charge is 0.488 e. The molecule has 2 aromatic carbocycles. The minimum absolute atomic E-state index is 0.0557. The number of benzene rings is 2. The summed E-state index contributed by atoms with van der Waals surface area (Å²) in [6.07, 6.45) is 1.77. The second-order valence-electron chi connectivity index (χ2n) is 5.23. The van der Waals surface area contributed by atoms with E-state index in [1.54, 1.807) is 30.5 Å². The van der Waals surface area contributed by atoms with Crippen molar-refractivity contribution in [2.45, 2.75) is 13.0 Å². The first-order valence-corrected chi connectivity index (χ1v) is 8.28. The molecule has 0 aliphatic carbocycles. The number of ether oxygens (including phenoxy) is 1. The normalized spacial score (nSPS) is 10.4. The summed E-state index contributed by atoms with van der Waals surface area (Å²) in [5.41, 5.74) is 2.22. The van der Waals surface area contributed by atoms with Crippen molar-refractivity contribution in [1.29, 1.82) is 0 Å². The highest BCUT2D eigenvalue weighted by atomic mass is 79.9. The van der Waals surface area contributed by atoms with E-state index in [0.717, 1.165) is 10.0 Å². The number of halogens is 1. The molecule has 24 heavy (non-hydrogen) atoms. The Kier molecular flexibility index (Phi) is 5.33. The summed E-state index contributed by atoms with van der Waals surface area (Å²) >= 11 is 3.41. The monoisotopic (exact) mass is 382 g/mol. The van der Waals surface area contributed by atoms with Gasteiger partial charge in [-0.1, -0.05) is 46.3 Å². The van der Waals surface area contributed by atoms with Gasteiger partial charge in [0.25, 0.3) is 0 Å². The summed E-state index contributed by atoms with van der Waals surface area (Å²) in [5, 5.41) is 7.77.